The van der Waals surface area contributed by atoms with E-state index in [0.717, 1.165) is 82.0 Å². The minimum atomic E-state index is -3.90. The van der Waals surface area contributed by atoms with E-state index in [9.17, 15) is 21.9 Å². The van der Waals surface area contributed by atoms with Gasteiger partial charge in [-0.25, -0.2) is 21.6 Å². The van der Waals surface area contributed by atoms with Gasteiger partial charge < -0.3 is 19.0 Å². The lowest BCUT2D eigenvalue weighted by atomic mass is 9.91. The number of aliphatic hydroxyl groups excluding tert-OH is 1. The molecule has 51 heavy (non-hydrogen) atoms. The molecule has 1 aromatic heterocycles. The van der Waals surface area contributed by atoms with Crippen LogP contribution in [0.25, 0.3) is 0 Å². The molecule has 0 aliphatic carbocycles. The molecule has 0 amide bonds. The molecule has 2 N–H and O–H groups in total. The largest absolute Gasteiger partial charge is 0.464 e. The Labute approximate surface area is 306 Å². The highest BCUT2D eigenvalue weighted by Gasteiger charge is 2.47. The first kappa shape index (κ1) is 41.2. The van der Waals surface area contributed by atoms with Gasteiger partial charge in [0.05, 0.1) is 35.7 Å². The van der Waals surface area contributed by atoms with Crippen LogP contribution in [-0.2, 0) is 35.8 Å². The summed E-state index contributed by atoms with van der Waals surface area (Å²) in [7, 11) is -7.53. The second kappa shape index (κ2) is 19.0. The number of ether oxygens (including phenoxy) is 2. The first-order valence-corrected chi connectivity index (χ1v) is 21.7. The molecule has 3 aromatic rings. The summed E-state index contributed by atoms with van der Waals surface area (Å²) in [5.74, 6) is 0.158. The van der Waals surface area contributed by atoms with Crippen LogP contribution in [0.4, 0.5) is 0 Å². The van der Waals surface area contributed by atoms with Crippen molar-refractivity contribution in [2.45, 2.75) is 138 Å². The molecule has 2 heterocycles. The van der Waals surface area contributed by atoms with Crippen molar-refractivity contribution in [2.24, 2.45) is 5.41 Å². The van der Waals surface area contributed by atoms with Gasteiger partial charge in [0.15, 0.2) is 15.6 Å². The maximum absolute atomic E-state index is 13.8. The first-order chi connectivity index (χ1) is 24.3. The Kier molecular flexibility index (Phi) is 15.3. The van der Waals surface area contributed by atoms with Gasteiger partial charge in [-0.05, 0) is 62.1 Å². The summed E-state index contributed by atoms with van der Waals surface area (Å²) >= 11 is 0. The van der Waals surface area contributed by atoms with Gasteiger partial charge in [-0.3, -0.25) is 0 Å². The molecule has 0 radical (unpaired) electrons. The van der Waals surface area contributed by atoms with Crippen LogP contribution in [-0.4, -0.2) is 53.6 Å². The molecule has 4 rings (SSSR count). The number of nitrogens with one attached hydrogen (secondary N) is 1. The van der Waals surface area contributed by atoms with Crippen LogP contribution in [0.15, 0.2) is 80.9 Å². The van der Waals surface area contributed by atoms with Gasteiger partial charge in [-0.2, -0.15) is 0 Å². The van der Waals surface area contributed by atoms with Crippen molar-refractivity contribution in [1.29, 1.82) is 0 Å². The van der Waals surface area contributed by atoms with E-state index in [0.29, 0.717) is 36.7 Å². The lowest BCUT2D eigenvalue weighted by Crippen LogP contribution is -2.61. The van der Waals surface area contributed by atoms with Gasteiger partial charge in [-0.1, -0.05) is 109 Å². The number of rotatable bonds is 22. The molecule has 0 saturated carbocycles. The van der Waals surface area contributed by atoms with Crippen LogP contribution in [0.2, 0.25) is 0 Å². The number of hydrogen-bond donors (Lipinski definition) is 2. The summed E-state index contributed by atoms with van der Waals surface area (Å²) in [5.41, 5.74) is 0.788. The Balaban J connectivity index is 1.30. The second-order valence-corrected chi connectivity index (χ2v) is 18.6. The average molecular weight is 746 g/mol. The summed E-state index contributed by atoms with van der Waals surface area (Å²) in [6.07, 6.45) is 11.2. The molecule has 2 atom stereocenters. The van der Waals surface area contributed by atoms with Crippen LogP contribution in [0, 0.1) is 12.3 Å². The van der Waals surface area contributed by atoms with Gasteiger partial charge in [0.25, 0.3) is 0 Å². The van der Waals surface area contributed by atoms with Crippen molar-refractivity contribution in [3.8, 4) is 0 Å². The molecule has 2 unspecified atom stereocenters. The number of hydrogen-bond acceptors (Lipinski definition) is 8. The second-order valence-electron chi connectivity index (χ2n) is 14.8. The van der Waals surface area contributed by atoms with E-state index < -0.39 is 43.5 Å². The number of benzene rings is 2. The third kappa shape index (κ3) is 11.5. The Morgan fingerprint density at radius 1 is 0.784 bits per heavy atom. The molecule has 1 saturated heterocycles. The highest BCUT2D eigenvalue weighted by atomic mass is 32.2. The Hall–Kier alpha value is -2.54. The highest BCUT2D eigenvalue weighted by molar-refractivity contribution is 7.91. The average Bonchev–Trinajstić information content (AvgIpc) is 3.48. The molecule has 1 aliphatic heterocycles. The summed E-state index contributed by atoms with van der Waals surface area (Å²) in [5, 5.41) is 9.63. The van der Waals surface area contributed by atoms with Crippen molar-refractivity contribution in [1.82, 2.24) is 4.72 Å². The fourth-order valence-corrected chi connectivity index (χ4v) is 9.70. The van der Waals surface area contributed by atoms with Crippen LogP contribution in [0.3, 0.4) is 0 Å². The zero-order valence-electron chi connectivity index (χ0n) is 30.9. The number of unbranched alkanes of at least 4 members (excludes halogenated alkanes) is 8. The van der Waals surface area contributed by atoms with Gasteiger partial charge in [0.2, 0.25) is 10.0 Å². The third-order valence-corrected chi connectivity index (χ3v) is 13.4. The van der Waals surface area contributed by atoms with Crippen molar-refractivity contribution in [2.75, 3.05) is 19.8 Å². The minimum Gasteiger partial charge on any atom is -0.464 e. The highest BCUT2D eigenvalue weighted by Crippen LogP contribution is 2.38. The maximum atomic E-state index is 13.8. The van der Waals surface area contributed by atoms with Gasteiger partial charge in [0, 0.05) is 18.3 Å². The Morgan fingerprint density at radius 3 is 1.94 bits per heavy atom. The summed E-state index contributed by atoms with van der Waals surface area (Å²) in [4.78, 5) is 0.435. The lowest BCUT2D eigenvalue weighted by Gasteiger charge is -2.47. The monoisotopic (exact) mass is 745 g/mol. The maximum Gasteiger partial charge on any atom is 0.241 e. The van der Waals surface area contributed by atoms with Gasteiger partial charge in [0.1, 0.15) is 16.8 Å². The van der Waals surface area contributed by atoms with Crippen LogP contribution < -0.4 is 4.72 Å². The Morgan fingerprint density at radius 2 is 1.35 bits per heavy atom. The summed E-state index contributed by atoms with van der Waals surface area (Å²) in [6.45, 7) is 8.52. The van der Waals surface area contributed by atoms with E-state index in [1.54, 1.807) is 42.5 Å². The quantitative estimate of drug-likeness (QED) is 0.0980. The van der Waals surface area contributed by atoms with Crippen molar-refractivity contribution < 1.29 is 35.8 Å². The number of furan rings is 1. The van der Waals surface area contributed by atoms with Gasteiger partial charge >= 0.3 is 0 Å². The molecule has 0 bridgehead atoms. The molecule has 9 nitrogen and oxygen atoms in total. The van der Waals surface area contributed by atoms with Crippen LogP contribution in [0.1, 0.15) is 120 Å². The zero-order chi connectivity index (χ0) is 37.0. The Bertz CT molecular complexity index is 1680. The molecule has 284 valence electrons. The van der Waals surface area contributed by atoms with Crippen molar-refractivity contribution >= 4 is 19.9 Å². The predicted octanol–water partition coefficient (Wildman–Crippen LogP) is 8.46. The molecular formula is C40H59NO8S2. The fraction of sp³-hybridized carbons (Fsp3) is 0.600. The first-order valence-electron chi connectivity index (χ1n) is 18.7. The van der Waals surface area contributed by atoms with E-state index in [4.69, 9.17) is 13.9 Å². The summed E-state index contributed by atoms with van der Waals surface area (Å²) < 4.78 is 75.4. The molecule has 1 fully saturated rings. The predicted molar refractivity (Wildman–Crippen MR) is 201 cm³/mol. The number of aliphatic hydroxyl groups is 1. The van der Waals surface area contributed by atoms with E-state index in [1.165, 1.54) is 12.1 Å². The molecular weight excluding hydrogens is 687 g/mol. The van der Waals surface area contributed by atoms with E-state index in [1.807, 2.05) is 32.9 Å². The van der Waals surface area contributed by atoms with Gasteiger partial charge in [-0.15, -0.1) is 0 Å². The van der Waals surface area contributed by atoms with Crippen LogP contribution >= 0.6 is 0 Å². The van der Waals surface area contributed by atoms with E-state index >= 15 is 0 Å². The summed E-state index contributed by atoms with van der Waals surface area (Å²) in [6, 6.07) is 17.7. The van der Waals surface area contributed by atoms with E-state index in [-0.39, 0.29) is 10.3 Å². The molecule has 0 spiro atoms. The third-order valence-electron chi connectivity index (χ3n) is 9.78. The number of sulfonamides is 1. The normalized spacial score (nSPS) is 17.3. The molecule has 2 aromatic carbocycles. The number of sulfone groups is 1. The SMILES string of the molecule is CCCCCc1oc(C(CCCCCCCCCC2(C(CO)NS(=O)(=O)c3ccccc3)OCC(C)(C)CO2)S(=O)(=O)c2ccccc2)cc1C. The van der Waals surface area contributed by atoms with E-state index in [2.05, 4.69) is 11.6 Å². The van der Waals surface area contributed by atoms with Crippen LogP contribution in [0.5, 0.6) is 0 Å². The van der Waals surface area contributed by atoms with Crippen molar-refractivity contribution in [3.63, 3.8) is 0 Å². The zero-order valence-corrected chi connectivity index (χ0v) is 32.6. The fourth-order valence-electron chi connectivity index (χ4n) is 6.66. The smallest absolute Gasteiger partial charge is 0.241 e. The topological polar surface area (TPSA) is 132 Å². The molecule has 11 heteroatoms. The number of aryl methyl sites for hydroxylation is 2. The minimum absolute atomic E-state index is 0.116. The standard InChI is InChI=1S/C40H59NO8S2/c1-5-6-14-25-35-32(2)28-36(49-35)37(50(43,44)33-21-15-12-16-22-33)26-19-10-8-7-9-11-20-27-40(47-30-39(3,4)31-48-40)38(29-42)41-51(45,46)34-23-17-13-18-24-34/h12-13,15-18,21-24,28,37-38,41-42H,5-11,14,19-20,25-27,29-31H2,1-4H3. The van der Waals surface area contributed by atoms with Crippen molar-refractivity contribution in [3.05, 3.63) is 83.8 Å². The lowest BCUT2D eigenvalue weighted by molar-refractivity contribution is -0.315. The molecule has 1 aliphatic rings.